The number of nitrogens with zero attached hydrogens (tertiary/aromatic N) is 1. The minimum absolute atomic E-state index is 0.195. The van der Waals surface area contributed by atoms with Gasteiger partial charge in [0.15, 0.2) is 6.10 Å². The van der Waals surface area contributed by atoms with Gasteiger partial charge in [0.25, 0.3) is 5.91 Å². The molecule has 2 atom stereocenters. The Labute approximate surface area is 112 Å². The normalized spacial score (nSPS) is 27.9. The average molecular weight is 272 g/mol. The van der Waals surface area contributed by atoms with Gasteiger partial charge < -0.3 is 24.4 Å². The van der Waals surface area contributed by atoms with E-state index in [9.17, 15) is 9.59 Å². The fourth-order valence-electron chi connectivity index (χ4n) is 2.23. The Morgan fingerprint density at radius 3 is 2.95 bits per heavy atom. The molecule has 0 spiro atoms. The summed E-state index contributed by atoms with van der Waals surface area (Å²) in [5.74, 6) is -0.570. The van der Waals surface area contributed by atoms with Crippen molar-refractivity contribution in [1.82, 2.24) is 10.2 Å². The molecule has 2 unspecified atom stereocenters. The van der Waals surface area contributed by atoms with Crippen LogP contribution in [0.5, 0.6) is 0 Å². The van der Waals surface area contributed by atoms with Crippen LogP contribution in [0.15, 0.2) is 0 Å². The number of ether oxygens (including phenoxy) is 3. The van der Waals surface area contributed by atoms with Gasteiger partial charge in [-0.2, -0.15) is 0 Å². The first-order valence-corrected chi connectivity index (χ1v) is 6.61. The first-order valence-electron chi connectivity index (χ1n) is 6.61. The first kappa shape index (κ1) is 14.2. The Morgan fingerprint density at radius 1 is 1.42 bits per heavy atom. The summed E-state index contributed by atoms with van der Waals surface area (Å²) in [6, 6.07) is -0.577. The summed E-state index contributed by atoms with van der Waals surface area (Å²) < 4.78 is 15.6. The molecule has 108 valence electrons. The first-order chi connectivity index (χ1) is 9.24. The summed E-state index contributed by atoms with van der Waals surface area (Å²) in [5.41, 5.74) is 0. The molecule has 0 aromatic heterocycles. The number of amides is 1. The highest BCUT2D eigenvalue weighted by Gasteiger charge is 2.37. The maximum atomic E-state index is 12.4. The quantitative estimate of drug-likeness (QED) is 0.648. The molecule has 0 aromatic rings. The van der Waals surface area contributed by atoms with E-state index in [1.807, 2.05) is 0 Å². The number of rotatable bonds is 3. The number of esters is 1. The number of hydrogen-bond acceptors (Lipinski definition) is 6. The van der Waals surface area contributed by atoms with Crippen molar-refractivity contribution in [2.24, 2.45) is 0 Å². The van der Waals surface area contributed by atoms with Crippen molar-refractivity contribution < 1.29 is 23.8 Å². The average Bonchev–Trinajstić information content (AvgIpc) is 2.47. The zero-order valence-electron chi connectivity index (χ0n) is 11.1. The van der Waals surface area contributed by atoms with Crippen LogP contribution in [0.2, 0.25) is 0 Å². The van der Waals surface area contributed by atoms with Crippen LogP contribution in [0.25, 0.3) is 0 Å². The van der Waals surface area contributed by atoms with Crippen LogP contribution in [-0.4, -0.2) is 75.0 Å². The molecular weight excluding hydrogens is 252 g/mol. The van der Waals surface area contributed by atoms with Crippen LogP contribution in [-0.2, 0) is 23.8 Å². The van der Waals surface area contributed by atoms with E-state index in [1.54, 1.807) is 6.92 Å². The van der Waals surface area contributed by atoms with Crippen molar-refractivity contribution in [2.45, 2.75) is 19.1 Å². The van der Waals surface area contributed by atoms with Crippen LogP contribution in [0.1, 0.15) is 6.92 Å². The van der Waals surface area contributed by atoms with E-state index >= 15 is 0 Å². The van der Waals surface area contributed by atoms with Gasteiger partial charge in [-0.15, -0.1) is 0 Å². The van der Waals surface area contributed by atoms with Gasteiger partial charge in [0.2, 0.25) is 0 Å². The molecule has 2 aliphatic rings. The van der Waals surface area contributed by atoms with Gasteiger partial charge in [-0.1, -0.05) is 0 Å². The van der Waals surface area contributed by atoms with Crippen molar-refractivity contribution in [2.75, 3.05) is 46.1 Å². The van der Waals surface area contributed by atoms with E-state index in [0.717, 1.165) is 0 Å². The highest BCUT2D eigenvalue weighted by atomic mass is 16.6. The van der Waals surface area contributed by atoms with Crippen LogP contribution >= 0.6 is 0 Å². The summed E-state index contributed by atoms with van der Waals surface area (Å²) in [7, 11) is 0. The molecule has 0 aliphatic carbocycles. The second-order valence-corrected chi connectivity index (χ2v) is 4.44. The molecule has 2 saturated heterocycles. The molecule has 0 radical (unpaired) electrons. The van der Waals surface area contributed by atoms with Crippen molar-refractivity contribution in [3.05, 3.63) is 0 Å². The molecule has 1 amide bonds. The minimum Gasteiger partial charge on any atom is -0.464 e. The molecule has 7 nitrogen and oxygen atoms in total. The molecule has 1 N–H and O–H groups in total. The van der Waals surface area contributed by atoms with Crippen molar-refractivity contribution in [3.8, 4) is 0 Å². The Balaban J connectivity index is 2.01. The Hall–Kier alpha value is -1.18. The smallest absolute Gasteiger partial charge is 0.330 e. The van der Waals surface area contributed by atoms with Gasteiger partial charge >= 0.3 is 5.97 Å². The predicted molar refractivity (Wildman–Crippen MR) is 65.6 cm³/mol. The summed E-state index contributed by atoms with van der Waals surface area (Å²) in [4.78, 5) is 25.8. The van der Waals surface area contributed by atoms with Gasteiger partial charge in [-0.3, -0.25) is 4.79 Å². The van der Waals surface area contributed by atoms with Crippen molar-refractivity contribution in [1.29, 1.82) is 0 Å². The number of carbonyl (C=O) groups is 2. The van der Waals surface area contributed by atoms with E-state index in [4.69, 9.17) is 14.2 Å². The SMILES string of the molecule is CCOC(=O)C1CNCCN1C(=O)C1COCCO1. The summed E-state index contributed by atoms with van der Waals surface area (Å²) in [6.45, 7) is 4.77. The lowest BCUT2D eigenvalue weighted by Crippen LogP contribution is -2.60. The van der Waals surface area contributed by atoms with Gasteiger partial charge in [-0.25, -0.2) is 4.79 Å². The third kappa shape index (κ3) is 3.43. The summed E-state index contributed by atoms with van der Waals surface area (Å²) in [5, 5.41) is 3.10. The summed E-state index contributed by atoms with van der Waals surface area (Å²) >= 11 is 0. The van der Waals surface area contributed by atoms with Gasteiger partial charge in [0.1, 0.15) is 6.04 Å². The van der Waals surface area contributed by atoms with Crippen LogP contribution in [0, 0.1) is 0 Å². The van der Waals surface area contributed by atoms with Gasteiger partial charge in [0, 0.05) is 19.6 Å². The topological polar surface area (TPSA) is 77.1 Å². The highest BCUT2D eigenvalue weighted by Crippen LogP contribution is 2.12. The molecule has 2 aliphatic heterocycles. The molecule has 19 heavy (non-hydrogen) atoms. The van der Waals surface area contributed by atoms with Crippen molar-refractivity contribution in [3.63, 3.8) is 0 Å². The molecule has 0 aromatic carbocycles. The van der Waals surface area contributed by atoms with E-state index in [2.05, 4.69) is 5.32 Å². The molecule has 0 saturated carbocycles. The monoisotopic (exact) mass is 272 g/mol. The molecule has 7 heteroatoms. The van der Waals surface area contributed by atoms with Crippen LogP contribution in [0.3, 0.4) is 0 Å². The third-order valence-corrected chi connectivity index (χ3v) is 3.18. The maximum Gasteiger partial charge on any atom is 0.330 e. The van der Waals surface area contributed by atoms with Crippen LogP contribution in [0.4, 0.5) is 0 Å². The second-order valence-electron chi connectivity index (χ2n) is 4.44. The number of piperazine rings is 1. The Kier molecular flexibility index (Phi) is 5.12. The number of nitrogens with one attached hydrogen (secondary N) is 1. The molecule has 0 bridgehead atoms. The Morgan fingerprint density at radius 2 is 2.26 bits per heavy atom. The van der Waals surface area contributed by atoms with Crippen LogP contribution < -0.4 is 5.32 Å². The van der Waals surface area contributed by atoms with Crippen molar-refractivity contribution >= 4 is 11.9 Å². The van der Waals surface area contributed by atoms with E-state index < -0.39 is 12.1 Å². The zero-order valence-corrected chi connectivity index (χ0v) is 11.1. The minimum atomic E-state index is -0.608. The third-order valence-electron chi connectivity index (χ3n) is 3.18. The second kappa shape index (κ2) is 6.83. The Bertz CT molecular complexity index is 330. The highest BCUT2D eigenvalue weighted by molar-refractivity contribution is 5.87. The lowest BCUT2D eigenvalue weighted by molar-refractivity contribution is -0.168. The standard InChI is InChI=1S/C12H20N2O5/c1-2-18-12(16)9-7-13-3-4-14(9)11(15)10-8-17-5-6-19-10/h9-10,13H,2-8H2,1H3. The number of carbonyl (C=O) groups excluding carboxylic acids is 2. The van der Waals surface area contributed by atoms with E-state index in [0.29, 0.717) is 39.5 Å². The van der Waals surface area contributed by atoms with Gasteiger partial charge in [0.05, 0.1) is 26.4 Å². The fraction of sp³-hybridized carbons (Fsp3) is 0.833. The van der Waals surface area contributed by atoms with E-state index in [1.165, 1.54) is 4.90 Å². The molecular formula is C12H20N2O5. The summed E-state index contributed by atoms with van der Waals surface area (Å²) in [6.07, 6.45) is -0.608. The fourth-order valence-corrected chi connectivity index (χ4v) is 2.23. The largest absolute Gasteiger partial charge is 0.464 e. The molecule has 2 fully saturated rings. The lowest BCUT2D eigenvalue weighted by atomic mass is 10.1. The number of hydrogen-bond donors (Lipinski definition) is 1. The molecule has 2 heterocycles. The van der Waals surface area contributed by atoms with Gasteiger partial charge in [-0.05, 0) is 6.92 Å². The maximum absolute atomic E-state index is 12.4. The lowest BCUT2D eigenvalue weighted by Gasteiger charge is -2.37. The van der Waals surface area contributed by atoms with E-state index in [-0.39, 0.29) is 18.5 Å². The molecule has 2 rings (SSSR count). The predicted octanol–water partition coefficient (Wildman–Crippen LogP) is -1.23. The zero-order chi connectivity index (χ0) is 13.7.